The lowest BCUT2D eigenvalue weighted by Crippen LogP contribution is -2.36. The van der Waals surface area contributed by atoms with Gasteiger partial charge in [0.25, 0.3) is 0 Å². The molecule has 1 heterocycles. The third kappa shape index (κ3) is 3.56. The zero-order valence-corrected chi connectivity index (χ0v) is 11.6. The first-order valence-corrected chi connectivity index (χ1v) is 7.01. The number of hydrogen-bond donors (Lipinski definition) is 2. The average molecular weight is 276 g/mol. The van der Waals surface area contributed by atoms with E-state index in [-0.39, 0.29) is 23.8 Å². The van der Waals surface area contributed by atoms with Crippen molar-refractivity contribution in [2.24, 2.45) is 11.8 Å². The Hall–Kier alpha value is -1.91. The molecule has 0 saturated heterocycles. The Kier molecular flexibility index (Phi) is 4.71. The molecule has 3 unspecified atom stereocenters. The van der Waals surface area contributed by atoms with Crippen LogP contribution in [0.1, 0.15) is 44.2 Å². The molecule has 0 bridgehead atoms. The van der Waals surface area contributed by atoms with Crippen LogP contribution in [0.3, 0.4) is 0 Å². The highest BCUT2D eigenvalue weighted by atomic mass is 16.4. The molecule has 1 aliphatic carbocycles. The highest BCUT2D eigenvalue weighted by Crippen LogP contribution is 2.29. The number of hydrogen-bond acceptors (Lipinski definition) is 3. The van der Waals surface area contributed by atoms with Gasteiger partial charge in [0.15, 0.2) is 0 Å². The van der Waals surface area contributed by atoms with Gasteiger partial charge in [0, 0.05) is 18.3 Å². The number of carboxylic acids is 1. The first-order valence-electron chi connectivity index (χ1n) is 7.01. The Morgan fingerprint density at radius 3 is 2.60 bits per heavy atom. The molecule has 108 valence electrons. The van der Waals surface area contributed by atoms with Gasteiger partial charge in [-0.25, -0.2) is 0 Å². The molecule has 3 atom stereocenters. The van der Waals surface area contributed by atoms with E-state index in [1.54, 1.807) is 12.4 Å². The number of nitrogens with zero attached hydrogens (tertiary/aromatic N) is 1. The fraction of sp³-hybridized carbons (Fsp3) is 0.533. The molecule has 20 heavy (non-hydrogen) atoms. The van der Waals surface area contributed by atoms with Crippen molar-refractivity contribution in [3.05, 3.63) is 30.1 Å². The summed E-state index contributed by atoms with van der Waals surface area (Å²) < 4.78 is 0. The zero-order chi connectivity index (χ0) is 14.5. The number of nitrogens with one attached hydrogen (secondary N) is 1. The number of rotatable bonds is 4. The van der Waals surface area contributed by atoms with Crippen molar-refractivity contribution in [2.45, 2.75) is 38.6 Å². The summed E-state index contributed by atoms with van der Waals surface area (Å²) in [6.07, 6.45) is 6.10. The highest BCUT2D eigenvalue weighted by molar-refractivity contribution is 5.80. The summed E-state index contributed by atoms with van der Waals surface area (Å²) in [5.74, 6) is -1.39. The maximum Gasteiger partial charge on any atom is 0.306 e. The summed E-state index contributed by atoms with van der Waals surface area (Å²) in [6, 6.07) is 3.65. The minimum absolute atomic E-state index is 0.0414. The van der Waals surface area contributed by atoms with Crippen molar-refractivity contribution < 1.29 is 14.7 Å². The summed E-state index contributed by atoms with van der Waals surface area (Å²) >= 11 is 0. The second-order valence-electron chi connectivity index (χ2n) is 5.41. The number of carbonyl (C=O) groups excluding carboxylic acids is 1. The summed E-state index contributed by atoms with van der Waals surface area (Å²) in [5, 5.41) is 12.0. The highest BCUT2D eigenvalue weighted by Gasteiger charge is 2.31. The Morgan fingerprint density at radius 2 is 1.95 bits per heavy atom. The summed E-state index contributed by atoms with van der Waals surface area (Å²) in [5.41, 5.74) is 0.999. The van der Waals surface area contributed by atoms with E-state index in [1.807, 2.05) is 19.1 Å². The second kappa shape index (κ2) is 6.50. The number of carboxylic acid groups (broad SMARTS) is 1. The van der Waals surface area contributed by atoms with E-state index < -0.39 is 5.97 Å². The molecule has 2 rings (SSSR count). The first-order chi connectivity index (χ1) is 9.58. The van der Waals surface area contributed by atoms with Crippen LogP contribution in [-0.4, -0.2) is 22.0 Å². The van der Waals surface area contributed by atoms with E-state index in [0.29, 0.717) is 12.8 Å². The quantitative estimate of drug-likeness (QED) is 0.883. The van der Waals surface area contributed by atoms with Crippen LogP contribution in [0.15, 0.2) is 24.5 Å². The van der Waals surface area contributed by atoms with E-state index in [1.165, 1.54) is 0 Å². The maximum atomic E-state index is 12.2. The van der Waals surface area contributed by atoms with Gasteiger partial charge in [-0.1, -0.05) is 6.42 Å². The predicted molar refractivity (Wildman–Crippen MR) is 73.9 cm³/mol. The average Bonchev–Trinajstić information content (AvgIpc) is 2.48. The van der Waals surface area contributed by atoms with Crippen molar-refractivity contribution in [2.75, 3.05) is 0 Å². The molecule has 0 aromatic carbocycles. The Labute approximate surface area is 118 Å². The molecule has 1 saturated carbocycles. The molecule has 2 N–H and O–H groups in total. The summed E-state index contributed by atoms with van der Waals surface area (Å²) in [4.78, 5) is 27.2. The minimum atomic E-state index is -0.787. The normalized spacial score (nSPS) is 23.9. The van der Waals surface area contributed by atoms with Gasteiger partial charge in [-0.2, -0.15) is 0 Å². The Bertz CT molecular complexity index is 475. The predicted octanol–water partition coefficient (Wildman–Crippen LogP) is 2.15. The Morgan fingerprint density at radius 1 is 1.30 bits per heavy atom. The maximum absolute atomic E-state index is 12.2. The molecule has 5 nitrogen and oxygen atoms in total. The van der Waals surface area contributed by atoms with Crippen LogP contribution in [0, 0.1) is 11.8 Å². The number of aromatic nitrogens is 1. The van der Waals surface area contributed by atoms with E-state index in [4.69, 9.17) is 5.11 Å². The molecule has 0 aliphatic heterocycles. The van der Waals surface area contributed by atoms with Crippen LogP contribution >= 0.6 is 0 Å². The van der Waals surface area contributed by atoms with Crippen molar-refractivity contribution in [1.29, 1.82) is 0 Å². The van der Waals surface area contributed by atoms with Gasteiger partial charge in [0.05, 0.1) is 12.0 Å². The van der Waals surface area contributed by atoms with Crippen LogP contribution in [0.5, 0.6) is 0 Å². The third-order valence-electron chi connectivity index (χ3n) is 3.96. The number of carbonyl (C=O) groups is 2. The lowest BCUT2D eigenvalue weighted by molar-refractivity contribution is -0.144. The van der Waals surface area contributed by atoms with Gasteiger partial charge in [-0.05, 0) is 43.9 Å². The van der Waals surface area contributed by atoms with Crippen molar-refractivity contribution in [3.63, 3.8) is 0 Å². The molecule has 5 heteroatoms. The molecule has 1 fully saturated rings. The molecule has 1 aliphatic rings. The lowest BCUT2D eigenvalue weighted by Gasteiger charge is -2.27. The summed E-state index contributed by atoms with van der Waals surface area (Å²) in [7, 11) is 0. The fourth-order valence-corrected chi connectivity index (χ4v) is 2.72. The van der Waals surface area contributed by atoms with Crippen LogP contribution in [0.25, 0.3) is 0 Å². The van der Waals surface area contributed by atoms with Crippen molar-refractivity contribution >= 4 is 11.9 Å². The van der Waals surface area contributed by atoms with Crippen LogP contribution < -0.4 is 5.32 Å². The lowest BCUT2D eigenvalue weighted by atomic mass is 9.81. The van der Waals surface area contributed by atoms with E-state index in [0.717, 1.165) is 18.4 Å². The SMILES string of the molecule is CC(NC(=O)C1CCCC(C(=O)O)C1)c1ccncc1. The van der Waals surface area contributed by atoms with Gasteiger partial charge in [-0.3, -0.25) is 14.6 Å². The number of pyridine rings is 1. The van der Waals surface area contributed by atoms with Crippen LogP contribution in [0.4, 0.5) is 0 Å². The zero-order valence-electron chi connectivity index (χ0n) is 11.6. The first kappa shape index (κ1) is 14.5. The standard InChI is InChI=1S/C15H20N2O3/c1-10(11-5-7-16-8-6-11)17-14(18)12-3-2-4-13(9-12)15(19)20/h5-8,10,12-13H,2-4,9H2,1H3,(H,17,18)(H,19,20). The smallest absolute Gasteiger partial charge is 0.306 e. The topological polar surface area (TPSA) is 79.3 Å². The largest absolute Gasteiger partial charge is 0.481 e. The van der Waals surface area contributed by atoms with E-state index in [9.17, 15) is 9.59 Å². The minimum Gasteiger partial charge on any atom is -0.481 e. The van der Waals surface area contributed by atoms with Crippen LogP contribution in [-0.2, 0) is 9.59 Å². The van der Waals surface area contributed by atoms with E-state index >= 15 is 0 Å². The Balaban J connectivity index is 1.93. The molecule has 1 amide bonds. The molecule has 1 aromatic heterocycles. The summed E-state index contributed by atoms with van der Waals surface area (Å²) in [6.45, 7) is 1.92. The number of amides is 1. The van der Waals surface area contributed by atoms with Gasteiger partial charge in [0.2, 0.25) is 5.91 Å². The molecule has 0 spiro atoms. The molecular formula is C15H20N2O3. The van der Waals surface area contributed by atoms with Crippen molar-refractivity contribution in [1.82, 2.24) is 10.3 Å². The second-order valence-corrected chi connectivity index (χ2v) is 5.41. The van der Waals surface area contributed by atoms with Crippen LogP contribution in [0.2, 0.25) is 0 Å². The van der Waals surface area contributed by atoms with Crippen molar-refractivity contribution in [3.8, 4) is 0 Å². The van der Waals surface area contributed by atoms with Gasteiger partial charge in [-0.15, -0.1) is 0 Å². The molecule has 0 radical (unpaired) electrons. The third-order valence-corrected chi connectivity index (χ3v) is 3.96. The van der Waals surface area contributed by atoms with E-state index in [2.05, 4.69) is 10.3 Å². The molecule has 1 aromatic rings. The van der Waals surface area contributed by atoms with Gasteiger partial charge < -0.3 is 10.4 Å². The fourth-order valence-electron chi connectivity index (χ4n) is 2.72. The van der Waals surface area contributed by atoms with Gasteiger partial charge in [0.1, 0.15) is 0 Å². The monoisotopic (exact) mass is 276 g/mol. The van der Waals surface area contributed by atoms with Gasteiger partial charge >= 0.3 is 5.97 Å². The number of aliphatic carboxylic acids is 1. The molecular weight excluding hydrogens is 256 g/mol.